The van der Waals surface area contributed by atoms with Crippen molar-refractivity contribution in [2.45, 2.75) is 19.3 Å². The standard InChI is InChI=1S/C17H19F3N4O.HI/c1-21-16(23-11-14-4-3-5-15(24-14)25-2)22-10-12-6-8-13(9-7-12)17(18,19)20;/h3-9H,10-11H2,1-2H3,(H2,21,22,23);1H. The Kier molecular flexibility index (Phi) is 8.62. The highest BCUT2D eigenvalue weighted by Crippen LogP contribution is 2.29. The van der Waals surface area contributed by atoms with Crippen molar-refractivity contribution in [3.8, 4) is 5.88 Å². The van der Waals surface area contributed by atoms with Gasteiger partial charge in [0.15, 0.2) is 5.96 Å². The summed E-state index contributed by atoms with van der Waals surface area (Å²) in [6, 6.07) is 10.4. The van der Waals surface area contributed by atoms with Gasteiger partial charge in [-0.1, -0.05) is 18.2 Å². The first-order valence-corrected chi connectivity index (χ1v) is 7.53. The van der Waals surface area contributed by atoms with Crippen LogP contribution in [-0.4, -0.2) is 25.1 Å². The number of halogens is 4. The van der Waals surface area contributed by atoms with Crippen LogP contribution in [0.3, 0.4) is 0 Å². The molecule has 0 radical (unpaired) electrons. The summed E-state index contributed by atoms with van der Waals surface area (Å²) >= 11 is 0. The lowest BCUT2D eigenvalue weighted by Crippen LogP contribution is -2.36. The van der Waals surface area contributed by atoms with Gasteiger partial charge in [0, 0.05) is 19.7 Å². The molecular weight excluding hydrogens is 460 g/mol. The molecule has 2 aromatic rings. The number of hydrogen-bond acceptors (Lipinski definition) is 3. The van der Waals surface area contributed by atoms with Gasteiger partial charge in [-0.2, -0.15) is 13.2 Å². The second-order valence-corrected chi connectivity index (χ2v) is 5.15. The van der Waals surface area contributed by atoms with Crippen molar-refractivity contribution in [3.05, 3.63) is 59.3 Å². The fraction of sp³-hybridized carbons (Fsp3) is 0.294. The highest BCUT2D eigenvalue weighted by Gasteiger charge is 2.29. The lowest BCUT2D eigenvalue weighted by Gasteiger charge is -2.13. The van der Waals surface area contributed by atoms with Crippen molar-refractivity contribution in [3.63, 3.8) is 0 Å². The number of pyridine rings is 1. The van der Waals surface area contributed by atoms with Gasteiger partial charge in [0.05, 0.1) is 24.9 Å². The van der Waals surface area contributed by atoms with E-state index >= 15 is 0 Å². The predicted octanol–water partition coefficient (Wildman–Crippen LogP) is 3.59. The minimum absolute atomic E-state index is 0. The van der Waals surface area contributed by atoms with E-state index in [1.165, 1.54) is 12.1 Å². The Hall–Kier alpha value is -2.04. The molecule has 0 aliphatic rings. The Morgan fingerprint density at radius 3 is 2.31 bits per heavy atom. The number of alkyl halides is 3. The number of nitrogens with zero attached hydrogens (tertiary/aromatic N) is 2. The summed E-state index contributed by atoms with van der Waals surface area (Å²) in [7, 11) is 3.16. The number of ether oxygens (including phenoxy) is 1. The van der Waals surface area contributed by atoms with Gasteiger partial charge in [0.25, 0.3) is 0 Å². The van der Waals surface area contributed by atoms with E-state index in [0.29, 0.717) is 24.9 Å². The molecule has 0 amide bonds. The fourth-order valence-corrected chi connectivity index (χ4v) is 2.06. The van der Waals surface area contributed by atoms with Gasteiger partial charge in [-0.25, -0.2) is 4.98 Å². The SMILES string of the molecule is CN=C(NCc1ccc(C(F)(F)F)cc1)NCc1cccc(OC)n1.I. The second-order valence-electron chi connectivity index (χ2n) is 5.15. The van der Waals surface area contributed by atoms with E-state index in [9.17, 15) is 13.2 Å². The Bertz CT molecular complexity index is 721. The topological polar surface area (TPSA) is 58.5 Å². The number of rotatable bonds is 5. The molecule has 26 heavy (non-hydrogen) atoms. The van der Waals surface area contributed by atoms with Crippen molar-refractivity contribution in [2.75, 3.05) is 14.2 Å². The summed E-state index contributed by atoms with van der Waals surface area (Å²) in [5.41, 5.74) is 0.829. The first-order valence-electron chi connectivity index (χ1n) is 7.53. The van der Waals surface area contributed by atoms with Crippen LogP contribution in [0, 0.1) is 0 Å². The molecule has 0 aliphatic heterocycles. The van der Waals surface area contributed by atoms with Crippen LogP contribution in [0.1, 0.15) is 16.8 Å². The van der Waals surface area contributed by atoms with Crippen LogP contribution in [-0.2, 0) is 19.3 Å². The predicted molar refractivity (Wildman–Crippen MR) is 105 cm³/mol. The van der Waals surface area contributed by atoms with Gasteiger partial charge in [-0.3, -0.25) is 4.99 Å². The maximum Gasteiger partial charge on any atom is 0.416 e. The number of benzene rings is 1. The Labute approximate surface area is 167 Å². The first-order chi connectivity index (χ1) is 11.9. The molecular formula is C17H20F3IN4O. The molecule has 0 saturated carbocycles. The maximum atomic E-state index is 12.5. The van der Waals surface area contributed by atoms with E-state index < -0.39 is 11.7 Å². The highest BCUT2D eigenvalue weighted by molar-refractivity contribution is 14.0. The molecule has 0 bridgehead atoms. The van der Waals surface area contributed by atoms with Crippen molar-refractivity contribution in [2.24, 2.45) is 4.99 Å². The van der Waals surface area contributed by atoms with Crippen LogP contribution in [0.4, 0.5) is 13.2 Å². The summed E-state index contributed by atoms with van der Waals surface area (Å²) < 4.78 is 42.7. The van der Waals surface area contributed by atoms with Crippen LogP contribution in [0.15, 0.2) is 47.5 Å². The summed E-state index contributed by atoms with van der Waals surface area (Å²) in [5, 5.41) is 6.13. The van der Waals surface area contributed by atoms with Gasteiger partial charge >= 0.3 is 6.18 Å². The average molecular weight is 480 g/mol. The van der Waals surface area contributed by atoms with Gasteiger partial charge in [0.2, 0.25) is 5.88 Å². The van der Waals surface area contributed by atoms with E-state index in [-0.39, 0.29) is 24.0 Å². The van der Waals surface area contributed by atoms with Crippen LogP contribution >= 0.6 is 24.0 Å². The van der Waals surface area contributed by atoms with Crippen LogP contribution in [0.5, 0.6) is 5.88 Å². The van der Waals surface area contributed by atoms with E-state index in [1.807, 2.05) is 12.1 Å². The monoisotopic (exact) mass is 480 g/mol. The minimum atomic E-state index is -4.33. The Morgan fingerprint density at radius 2 is 1.73 bits per heavy atom. The van der Waals surface area contributed by atoms with Gasteiger partial charge < -0.3 is 15.4 Å². The van der Waals surface area contributed by atoms with Crippen molar-refractivity contribution in [1.29, 1.82) is 0 Å². The molecule has 9 heteroatoms. The van der Waals surface area contributed by atoms with E-state index in [0.717, 1.165) is 23.4 Å². The van der Waals surface area contributed by atoms with Crippen molar-refractivity contribution >= 4 is 29.9 Å². The second kappa shape index (κ2) is 10.2. The maximum absolute atomic E-state index is 12.5. The van der Waals surface area contributed by atoms with E-state index in [4.69, 9.17) is 4.74 Å². The van der Waals surface area contributed by atoms with E-state index in [2.05, 4.69) is 20.6 Å². The summed E-state index contributed by atoms with van der Waals surface area (Å²) in [4.78, 5) is 8.35. The summed E-state index contributed by atoms with van der Waals surface area (Å²) in [6.07, 6.45) is -4.33. The third-order valence-corrected chi connectivity index (χ3v) is 3.39. The molecule has 2 rings (SSSR count). The molecule has 1 heterocycles. The highest BCUT2D eigenvalue weighted by atomic mass is 127. The average Bonchev–Trinajstić information content (AvgIpc) is 2.61. The molecule has 1 aromatic carbocycles. The third kappa shape index (κ3) is 6.70. The molecule has 0 spiro atoms. The fourth-order valence-electron chi connectivity index (χ4n) is 2.06. The van der Waals surface area contributed by atoms with Crippen LogP contribution in [0.2, 0.25) is 0 Å². The van der Waals surface area contributed by atoms with Gasteiger partial charge in [0.1, 0.15) is 0 Å². The number of nitrogens with one attached hydrogen (secondary N) is 2. The zero-order valence-electron chi connectivity index (χ0n) is 14.3. The third-order valence-electron chi connectivity index (χ3n) is 3.39. The molecule has 0 saturated heterocycles. The van der Waals surface area contributed by atoms with Crippen molar-refractivity contribution < 1.29 is 17.9 Å². The number of guanidine groups is 1. The number of aromatic nitrogens is 1. The molecule has 1 aromatic heterocycles. The molecule has 142 valence electrons. The van der Waals surface area contributed by atoms with Gasteiger partial charge in [-0.15, -0.1) is 24.0 Å². The number of hydrogen-bond donors (Lipinski definition) is 2. The van der Waals surface area contributed by atoms with E-state index in [1.54, 1.807) is 20.2 Å². The lowest BCUT2D eigenvalue weighted by atomic mass is 10.1. The quantitative estimate of drug-likeness (QED) is 0.390. The minimum Gasteiger partial charge on any atom is -0.481 e. The summed E-state index contributed by atoms with van der Waals surface area (Å²) in [6.45, 7) is 0.785. The lowest BCUT2D eigenvalue weighted by molar-refractivity contribution is -0.137. The van der Waals surface area contributed by atoms with Gasteiger partial charge in [-0.05, 0) is 23.8 Å². The molecule has 5 nitrogen and oxygen atoms in total. The summed E-state index contributed by atoms with van der Waals surface area (Å²) in [5.74, 6) is 1.04. The normalized spacial score (nSPS) is 11.5. The molecule has 0 unspecified atom stereocenters. The molecule has 2 N–H and O–H groups in total. The largest absolute Gasteiger partial charge is 0.481 e. The zero-order chi connectivity index (χ0) is 18.3. The first kappa shape index (κ1) is 22.0. The number of aliphatic imine (C=N–C) groups is 1. The molecule has 0 aliphatic carbocycles. The van der Waals surface area contributed by atoms with Crippen LogP contribution < -0.4 is 15.4 Å². The Balaban J connectivity index is 0.00000338. The Morgan fingerprint density at radius 1 is 1.08 bits per heavy atom. The number of methoxy groups -OCH3 is 1. The molecule has 0 fully saturated rings. The zero-order valence-corrected chi connectivity index (χ0v) is 16.6. The van der Waals surface area contributed by atoms with Crippen LogP contribution in [0.25, 0.3) is 0 Å². The van der Waals surface area contributed by atoms with Crippen molar-refractivity contribution in [1.82, 2.24) is 15.6 Å². The molecule has 0 atom stereocenters. The smallest absolute Gasteiger partial charge is 0.416 e.